The normalized spacial score (nSPS) is 15.3. The van der Waals surface area contributed by atoms with Crippen LogP contribution in [0.3, 0.4) is 0 Å². The number of benzene rings is 1. The Morgan fingerprint density at radius 1 is 1.28 bits per heavy atom. The van der Waals surface area contributed by atoms with Gasteiger partial charge in [-0.25, -0.2) is 8.42 Å². The fraction of sp³-hybridized carbons (Fsp3) is 0.571. The third-order valence-electron chi connectivity index (χ3n) is 3.22. The van der Waals surface area contributed by atoms with Gasteiger partial charge in [-0.15, -0.1) is 0 Å². The second-order valence-corrected chi connectivity index (χ2v) is 7.02. The first kappa shape index (κ1) is 15.2. The maximum atomic E-state index is 11.5. The molecule has 3 nitrogen and oxygen atoms in total. The molecular weight excluding hydrogens is 246 g/mol. The Bertz CT molecular complexity index is 480. The number of rotatable bonds is 6. The van der Waals surface area contributed by atoms with E-state index in [9.17, 15) is 8.42 Å². The zero-order chi connectivity index (χ0) is 13.8. The van der Waals surface area contributed by atoms with Crippen molar-refractivity contribution < 1.29 is 8.42 Å². The third kappa shape index (κ3) is 4.42. The number of nitrogens with two attached hydrogens (primary N) is 1. The Kier molecular flexibility index (Phi) is 5.35. The van der Waals surface area contributed by atoms with Crippen molar-refractivity contribution in [3.63, 3.8) is 0 Å². The highest BCUT2D eigenvalue weighted by atomic mass is 32.2. The summed E-state index contributed by atoms with van der Waals surface area (Å²) in [4.78, 5) is 0.402. The smallest absolute Gasteiger partial charge is 0.175 e. The number of sulfone groups is 1. The molecule has 0 aliphatic rings. The first-order chi connectivity index (χ1) is 8.34. The SMILES string of the molecule is CCC(CCC(C)N)c1cccc(S(C)(=O)=O)c1. The second-order valence-electron chi connectivity index (χ2n) is 5.00. The minimum Gasteiger partial charge on any atom is -0.328 e. The molecule has 2 N–H and O–H groups in total. The Morgan fingerprint density at radius 2 is 1.94 bits per heavy atom. The van der Waals surface area contributed by atoms with Gasteiger partial charge in [0.25, 0.3) is 0 Å². The lowest BCUT2D eigenvalue weighted by molar-refractivity contribution is 0.531. The van der Waals surface area contributed by atoms with Crippen molar-refractivity contribution in [2.75, 3.05) is 6.26 Å². The number of hydrogen-bond donors (Lipinski definition) is 1. The van der Waals surface area contributed by atoms with Crippen LogP contribution in [0.1, 0.15) is 44.6 Å². The van der Waals surface area contributed by atoms with Gasteiger partial charge >= 0.3 is 0 Å². The molecule has 1 rings (SSSR count). The Labute approximate surface area is 110 Å². The summed E-state index contributed by atoms with van der Waals surface area (Å²) < 4.78 is 23.1. The van der Waals surface area contributed by atoms with Crippen LogP contribution in [0.4, 0.5) is 0 Å². The largest absolute Gasteiger partial charge is 0.328 e. The van der Waals surface area contributed by atoms with E-state index in [0.717, 1.165) is 24.8 Å². The summed E-state index contributed by atoms with van der Waals surface area (Å²) in [6.07, 6.45) is 4.21. The molecule has 0 saturated heterocycles. The fourth-order valence-electron chi connectivity index (χ4n) is 2.07. The van der Waals surface area contributed by atoms with E-state index in [0.29, 0.717) is 10.8 Å². The predicted octanol–water partition coefficient (Wildman–Crippen LogP) is 2.71. The molecule has 4 heteroatoms. The van der Waals surface area contributed by atoms with Gasteiger partial charge in [-0.2, -0.15) is 0 Å². The van der Waals surface area contributed by atoms with Gasteiger partial charge in [0, 0.05) is 12.3 Å². The lowest BCUT2D eigenvalue weighted by atomic mass is 9.91. The van der Waals surface area contributed by atoms with Gasteiger partial charge in [-0.05, 0) is 49.8 Å². The summed E-state index contributed by atoms with van der Waals surface area (Å²) in [5.41, 5.74) is 6.87. The summed E-state index contributed by atoms with van der Waals surface area (Å²) in [7, 11) is -3.12. The average Bonchev–Trinajstić information content (AvgIpc) is 2.29. The van der Waals surface area contributed by atoms with Crippen molar-refractivity contribution in [2.24, 2.45) is 5.73 Å². The van der Waals surface area contributed by atoms with Crippen molar-refractivity contribution in [3.05, 3.63) is 29.8 Å². The summed E-state index contributed by atoms with van der Waals surface area (Å²) in [6.45, 7) is 4.12. The van der Waals surface area contributed by atoms with E-state index in [1.807, 2.05) is 19.1 Å². The summed E-state index contributed by atoms with van der Waals surface area (Å²) in [6, 6.07) is 7.46. The van der Waals surface area contributed by atoms with Crippen molar-refractivity contribution in [3.8, 4) is 0 Å². The van der Waals surface area contributed by atoms with Crippen molar-refractivity contribution >= 4 is 9.84 Å². The minimum absolute atomic E-state index is 0.192. The van der Waals surface area contributed by atoms with E-state index < -0.39 is 9.84 Å². The molecular formula is C14H23NO2S. The van der Waals surface area contributed by atoms with E-state index in [-0.39, 0.29) is 6.04 Å². The summed E-state index contributed by atoms with van der Waals surface area (Å²) in [5, 5.41) is 0. The topological polar surface area (TPSA) is 60.2 Å². The molecule has 0 fully saturated rings. The number of hydrogen-bond acceptors (Lipinski definition) is 3. The summed E-state index contributed by atoms with van der Waals surface area (Å²) >= 11 is 0. The molecule has 1 aromatic rings. The maximum Gasteiger partial charge on any atom is 0.175 e. The van der Waals surface area contributed by atoms with E-state index >= 15 is 0 Å². The lowest BCUT2D eigenvalue weighted by Crippen LogP contribution is -2.15. The third-order valence-corrected chi connectivity index (χ3v) is 4.33. The van der Waals surface area contributed by atoms with Gasteiger partial charge in [0.1, 0.15) is 0 Å². The monoisotopic (exact) mass is 269 g/mol. The van der Waals surface area contributed by atoms with Crippen LogP contribution in [0, 0.1) is 0 Å². The van der Waals surface area contributed by atoms with Crippen LogP contribution in [0.5, 0.6) is 0 Å². The van der Waals surface area contributed by atoms with Gasteiger partial charge in [-0.1, -0.05) is 19.1 Å². The van der Waals surface area contributed by atoms with E-state index in [2.05, 4.69) is 6.92 Å². The molecule has 2 unspecified atom stereocenters. The molecule has 0 bridgehead atoms. The Balaban J connectivity index is 2.93. The van der Waals surface area contributed by atoms with E-state index in [1.165, 1.54) is 6.26 Å². The van der Waals surface area contributed by atoms with Gasteiger partial charge in [-0.3, -0.25) is 0 Å². The van der Waals surface area contributed by atoms with E-state index in [4.69, 9.17) is 5.73 Å². The first-order valence-corrected chi connectivity index (χ1v) is 8.29. The zero-order valence-electron chi connectivity index (χ0n) is 11.4. The second kappa shape index (κ2) is 6.34. The van der Waals surface area contributed by atoms with Crippen molar-refractivity contribution in [1.29, 1.82) is 0 Å². The molecule has 0 aliphatic heterocycles. The average molecular weight is 269 g/mol. The standard InChI is InChI=1S/C14H23NO2S/c1-4-12(9-8-11(2)15)13-6-5-7-14(10-13)18(3,16)17/h5-7,10-12H,4,8-9,15H2,1-3H3. The fourth-order valence-corrected chi connectivity index (χ4v) is 2.75. The van der Waals surface area contributed by atoms with Crippen LogP contribution in [-0.4, -0.2) is 20.7 Å². The molecule has 0 radical (unpaired) electrons. The molecule has 2 atom stereocenters. The lowest BCUT2D eigenvalue weighted by Gasteiger charge is -2.17. The molecule has 0 spiro atoms. The Morgan fingerprint density at radius 3 is 2.44 bits per heavy atom. The molecule has 102 valence electrons. The van der Waals surface area contributed by atoms with Crippen molar-refractivity contribution in [1.82, 2.24) is 0 Å². The van der Waals surface area contributed by atoms with Gasteiger partial charge in [0.05, 0.1) is 4.90 Å². The van der Waals surface area contributed by atoms with Gasteiger partial charge in [0.2, 0.25) is 0 Å². The molecule has 1 aromatic carbocycles. The summed E-state index contributed by atoms with van der Waals surface area (Å²) in [5.74, 6) is 0.387. The first-order valence-electron chi connectivity index (χ1n) is 6.40. The minimum atomic E-state index is -3.12. The molecule has 18 heavy (non-hydrogen) atoms. The molecule has 0 heterocycles. The van der Waals surface area contributed by atoms with Crippen LogP contribution in [-0.2, 0) is 9.84 Å². The van der Waals surface area contributed by atoms with E-state index in [1.54, 1.807) is 12.1 Å². The quantitative estimate of drug-likeness (QED) is 0.863. The van der Waals surface area contributed by atoms with Gasteiger partial charge < -0.3 is 5.73 Å². The molecule has 0 aromatic heterocycles. The van der Waals surface area contributed by atoms with Crippen molar-refractivity contribution in [2.45, 2.75) is 50.0 Å². The molecule has 0 amide bonds. The maximum absolute atomic E-state index is 11.5. The highest BCUT2D eigenvalue weighted by Crippen LogP contribution is 2.26. The van der Waals surface area contributed by atoms with Crippen LogP contribution in [0.15, 0.2) is 29.2 Å². The highest BCUT2D eigenvalue weighted by Gasteiger charge is 2.13. The van der Waals surface area contributed by atoms with Crippen LogP contribution < -0.4 is 5.73 Å². The van der Waals surface area contributed by atoms with Crippen LogP contribution in [0.25, 0.3) is 0 Å². The zero-order valence-corrected chi connectivity index (χ0v) is 12.2. The van der Waals surface area contributed by atoms with Crippen LogP contribution in [0.2, 0.25) is 0 Å². The highest BCUT2D eigenvalue weighted by molar-refractivity contribution is 7.90. The molecule has 0 aliphatic carbocycles. The van der Waals surface area contributed by atoms with Crippen LogP contribution >= 0.6 is 0 Å². The molecule has 0 saturated carbocycles. The predicted molar refractivity (Wildman–Crippen MR) is 75.5 cm³/mol. The van der Waals surface area contributed by atoms with Gasteiger partial charge in [0.15, 0.2) is 9.84 Å². The Hall–Kier alpha value is -0.870.